The fraction of sp³-hybridized carbons (Fsp3) is 0.214. The van der Waals surface area contributed by atoms with Gasteiger partial charge in [0.2, 0.25) is 6.79 Å². The molecule has 36 heavy (non-hydrogen) atoms. The topological polar surface area (TPSA) is 99.0 Å². The van der Waals surface area contributed by atoms with E-state index in [1.807, 2.05) is 44.2 Å². The van der Waals surface area contributed by atoms with Crippen LogP contribution in [0.5, 0.6) is 28.7 Å². The Kier molecular flexibility index (Phi) is 7.61. The molecule has 1 aliphatic heterocycles. The molecule has 0 aliphatic carbocycles. The summed E-state index contributed by atoms with van der Waals surface area (Å²) in [4.78, 5) is 12.8. The fourth-order valence-electron chi connectivity index (χ4n) is 3.62. The van der Waals surface area contributed by atoms with Crippen LogP contribution in [0.1, 0.15) is 23.6 Å². The normalized spacial score (nSPS) is 12.0. The van der Waals surface area contributed by atoms with Gasteiger partial charge in [0.05, 0.1) is 19.4 Å². The third kappa shape index (κ3) is 5.70. The highest BCUT2D eigenvalue weighted by molar-refractivity contribution is 6.10. The number of anilines is 1. The molecule has 0 spiro atoms. The number of nitrogens with one attached hydrogen (secondary N) is 1. The summed E-state index contributed by atoms with van der Waals surface area (Å²) < 4.78 is 27.8. The van der Waals surface area contributed by atoms with Gasteiger partial charge in [0, 0.05) is 0 Å². The van der Waals surface area contributed by atoms with Gasteiger partial charge in [-0.1, -0.05) is 18.2 Å². The Hall–Kier alpha value is -4.64. The highest BCUT2D eigenvalue weighted by Gasteiger charge is 2.15. The zero-order valence-corrected chi connectivity index (χ0v) is 20.3. The molecule has 0 radical (unpaired) electrons. The number of carbonyl (C=O) groups excluding carboxylic acids is 1. The van der Waals surface area contributed by atoms with Crippen molar-refractivity contribution in [2.45, 2.75) is 20.5 Å². The molecular weight excluding hydrogens is 460 g/mol. The fourth-order valence-corrected chi connectivity index (χ4v) is 3.62. The minimum atomic E-state index is -0.539. The number of ether oxygens (including phenoxy) is 5. The number of nitriles is 1. The highest BCUT2D eigenvalue weighted by Crippen LogP contribution is 2.34. The second-order valence-corrected chi connectivity index (χ2v) is 7.94. The first kappa shape index (κ1) is 24.5. The van der Waals surface area contributed by atoms with E-state index in [4.69, 9.17) is 23.7 Å². The molecule has 0 unspecified atom stereocenters. The number of carbonyl (C=O) groups is 1. The van der Waals surface area contributed by atoms with Gasteiger partial charge < -0.3 is 29.0 Å². The van der Waals surface area contributed by atoms with E-state index >= 15 is 0 Å². The van der Waals surface area contributed by atoms with Crippen molar-refractivity contribution in [3.05, 3.63) is 76.9 Å². The lowest BCUT2D eigenvalue weighted by Crippen LogP contribution is -2.14. The lowest BCUT2D eigenvalue weighted by Gasteiger charge is -2.13. The first-order valence-corrected chi connectivity index (χ1v) is 11.4. The van der Waals surface area contributed by atoms with Crippen LogP contribution in [0.3, 0.4) is 0 Å². The maximum Gasteiger partial charge on any atom is 0.266 e. The van der Waals surface area contributed by atoms with E-state index < -0.39 is 5.91 Å². The summed E-state index contributed by atoms with van der Waals surface area (Å²) in [6.45, 7) is 4.71. The van der Waals surface area contributed by atoms with Crippen LogP contribution in [0.25, 0.3) is 6.08 Å². The standard InChI is InChI=1S/C28H26N2O6/c1-4-33-26-13-19(6-9-24(26)34-16-20-7-10-25-27(14-20)36-17-35-25)12-21(15-29)28(31)30-22-11-18(2)5-8-23(22)32-3/h5-14H,4,16-17H2,1-3H3,(H,30,31)/b21-12+. The second-order valence-electron chi connectivity index (χ2n) is 7.94. The first-order chi connectivity index (χ1) is 17.5. The molecule has 3 aromatic carbocycles. The number of amides is 1. The van der Waals surface area contributed by atoms with E-state index in [-0.39, 0.29) is 12.4 Å². The van der Waals surface area contributed by atoms with Gasteiger partial charge in [-0.25, -0.2) is 0 Å². The summed E-state index contributed by atoms with van der Waals surface area (Å²) in [5, 5.41) is 12.4. The molecule has 184 valence electrons. The van der Waals surface area contributed by atoms with Gasteiger partial charge in [0.1, 0.15) is 24.0 Å². The monoisotopic (exact) mass is 486 g/mol. The molecule has 0 aromatic heterocycles. The third-order valence-corrected chi connectivity index (χ3v) is 5.38. The van der Waals surface area contributed by atoms with Crippen molar-refractivity contribution in [2.75, 3.05) is 25.8 Å². The summed E-state index contributed by atoms with van der Waals surface area (Å²) >= 11 is 0. The van der Waals surface area contributed by atoms with Crippen molar-refractivity contribution in [1.29, 1.82) is 5.26 Å². The molecule has 4 rings (SSSR count). The number of fused-ring (bicyclic) bond motifs is 1. The predicted molar refractivity (Wildman–Crippen MR) is 134 cm³/mol. The van der Waals surface area contributed by atoms with Gasteiger partial charge in [-0.15, -0.1) is 0 Å². The number of methoxy groups -OCH3 is 1. The largest absolute Gasteiger partial charge is 0.495 e. The number of benzene rings is 3. The minimum absolute atomic E-state index is 0.0602. The van der Waals surface area contributed by atoms with Crippen LogP contribution < -0.4 is 29.0 Å². The third-order valence-electron chi connectivity index (χ3n) is 5.38. The summed E-state index contributed by atoms with van der Waals surface area (Å²) in [6.07, 6.45) is 1.50. The van der Waals surface area contributed by atoms with Crippen LogP contribution in [0, 0.1) is 18.3 Å². The Bertz CT molecular complexity index is 1340. The van der Waals surface area contributed by atoms with Crippen molar-refractivity contribution in [2.24, 2.45) is 0 Å². The Balaban J connectivity index is 1.51. The van der Waals surface area contributed by atoms with Crippen molar-refractivity contribution >= 4 is 17.7 Å². The number of aryl methyl sites for hydroxylation is 1. The molecule has 8 heteroatoms. The average Bonchev–Trinajstić information content (AvgIpc) is 3.35. The minimum Gasteiger partial charge on any atom is -0.495 e. The van der Waals surface area contributed by atoms with Gasteiger partial charge in [-0.2, -0.15) is 5.26 Å². The molecule has 1 amide bonds. The van der Waals surface area contributed by atoms with Gasteiger partial charge in [0.15, 0.2) is 23.0 Å². The predicted octanol–water partition coefficient (Wildman–Crippen LogP) is 5.26. The summed E-state index contributed by atoms with van der Waals surface area (Å²) in [7, 11) is 1.52. The number of hydrogen-bond acceptors (Lipinski definition) is 7. The Labute approximate surface area is 209 Å². The Morgan fingerprint density at radius 1 is 1.03 bits per heavy atom. The maximum absolute atomic E-state index is 12.8. The SMILES string of the molecule is CCOc1cc(/C=C(\C#N)C(=O)Nc2cc(C)ccc2OC)ccc1OCc1ccc2c(c1)OCO2. The maximum atomic E-state index is 12.8. The number of hydrogen-bond donors (Lipinski definition) is 1. The zero-order valence-electron chi connectivity index (χ0n) is 20.3. The van der Waals surface area contributed by atoms with E-state index in [2.05, 4.69) is 5.32 Å². The van der Waals surface area contributed by atoms with E-state index in [1.54, 1.807) is 30.3 Å². The quantitative estimate of drug-likeness (QED) is 0.325. The smallest absolute Gasteiger partial charge is 0.266 e. The van der Waals surface area contributed by atoms with Gasteiger partial charge in [-0.05, 0) is 73.0 Å². The number of nitrogens with zero attached hydrogens (tertiary/aromatic N) is 1. The second kappa shape index (κ2) is 11.2. The van der Waals surface area contributed by atoms with Crippen LogP contribution in [-0.4, -0.2) is 26.4 Å². The van der Waals surface area contributed by atoms with Crippen molar-refractivity contribution < 1.29 is 28.5 Å². The van der Waals surface area contributed by atoms with Gasteiger partial charge >= 0.3 is 0 Å². The highest BCUT2D eigenvalue weighted by atomic mass is 16.7. The first-order valence-electron chi connectivity index (χ1n) is 11.4. The van der Waals surface area contributed by atoms with Crippen molar-refractivity contribution in [3.63, 3.8) is 0 Å². The van der Waals surface area contributed by atoms with Crippen LogP contribution in [0.15, 0.2) is 60.2 Å². The molecule has 1 N–H and O–H groups in total. The summed E-state index contributed by atoms with van der Waals surface area (Å²) in [6, 6.07) is 18.3. The lowest BCUT2D eigenvalue weighted by atomic mass is 10.1. The molecule has 0 bridgehead atoms. The van der Waals surface area contributed by atoms with E-state index in [9.17, 15) is 10.1 Å². The molecule has 3 aromatic rings. The summed E-state index contributed by atoms with van der Waals surface area (Å²) in [5.74, 6) is 2.41. The van der Waals surface area contributed by atoms with Crippen molar-refractivity contribution in [1.82, 2.24) is 0 Å². The van der Waals surface area contributed by atoms with E-state index in [0.29, 0.717) is 53.2 Å². The lowest BCUT2D eigenvalue weighted by molar-refractivity contribution is -0.112. The Morgan fingerprint density at radius 2 is 1.83 bits per heavy atom. The van der Waals surface area contributed by atoms with Crippen LogP contribution >= 0.6 is 0 Å². The molecule has 0 atom stereocenters. The molecule has 8 nitrogen and oxygen atoms in total. The molecule has 0 fully saturated rings. The molecule has 1 heterocycles. The van der Waals surface area contributed by atoms with E-state index in [1.165, 1.54) is 13.2 Å². The van der Waals surface area contributed by atoms with Gasteiger partial charge in [0.25, 0.3) is 5.91 Å². The van der Waals surface area contributed by atoms with Gasteiger partial charge in [-0.3, -0.25) is 4.79 Å². The average molecular weight is 487 g/mol. The molecule has 0 saturated heterocycles. The molecule has 1 aliphatic rings. The summed E-state index contributed by atoms with van der Waals surface area (Å²) in [5.41, 5.74) is 2.92. The van der Waals surface area contributed by atoms with Crippen LogP contribution in [0.2, 0.25) is 0 Å². The van der Waals surface area contributed by atoms with Crippen LogP contribution in [-0.2, 0) is 11.4 Å². The molecule has 0 saturated carbocycles. The van der Waals surface area contributed by atoms with Crippen molar-refractivity contribution in [3.8, 4) is 34.8 Å². The number of rotatable bonds is 9. The van der Waals surface area contributed by atoms with E-state index in [0.717, 1.165) is 11.1 Å². The zero-order chi connectivity index (χ0) is 25.5. The van der Waals surface area contributed by atoms with Crippen LogP contribution in [0.4, 0.5) is 5.69 Å². The molecular formula is C28H26N2O6. The Morgan fingerprint density at radius 3 is 2.61 bits per heavy atom.